The van der Waals surface area contributed by atoms with E-state index in [9.17, 15) is 9.90 Å². The number of fused-ring (bicyclic) bond motifs is 1. The lowest BCUT2D eigenvalue weighted by Crippen LogP contribution is -2.46. The molecule has 2 atom stereocenters. The average Bonchev–Trinajstić information content (AvgIpc) is 2.85. The lowest BCUT2D eigenvalue weighted by molar-refractivity contribution is -0.139. The Morgan fingerprint density at radius 3 is 3.11 bits per heavy atom. The van der Waals surface area contributed by atoms with Crippen molar-refractivity contribution in [1.29, 1.82) is 0 Å². The number of aliphatic hydroxyl groups is 1. The first-order chi connectivity index (χ1) is 8.74. The first-order valence-corrected chi connectivity index (χ1v) is 6.71. The second kappa shape index (κ2) is 4.72. The molecular weight excluding hydrogens is 230 g/mol. The minimum Gasteiger partial charge on any atom is -0.391 e. The van der Waals surface area contributed by atoms with E-state index < -0.39 is 0 Å². The quantitative estimate of drug-likeness (QED) is 0.785. The summed E-state index contributed by atoms with van der Waals surface area (Å²) in [5, 5.41) is 9.64. The van der Waals surface area contributed by atoms with Gasteiger partial charge in [-0.05, 0) is 19.3 Å². The van der Waals surface area contributed by atoms with Gasteiger partial charge in [-0.1, -0.05) is 0 Å². The van der Waals surface area contributed by atoms with Crippen LogP contribution in [0.2, 0.25) is 0 Å². The Kier molecular flexibility index (Phi) is 3.07. The number of nitrogens with zero attached hydrogens (tertiary/aromatic N) is 3. The molecule has 98 valence electrons. The Balaban J connectivity index is 1.67. The monoisotopic (exact) mass is 249 g/mol. The number of aromatic nitrogens is 2. The van der Waals surface area contributed by atoms with Gasteiger partial charge in [0.15, 0.2) is 0 Å². The zero-order valence-electron chi connectivity index (χ0n) is 10.5. The van der Waals surface area contributed by atoms with Crippen LogP contribution in [-0.2, 0) is 17.8 Å². The first-order valence-electron chi connectivity index (χ1n) is 6.71. The second-order valence-corrected chi connectivity index (χ2v) is 5.31. The third-order valence-electron chi connectivity index (χ3n) is 4.01. The summed E-state index contributed by atoms with van der Waals surface area (Å²) >= 11 is 0. The van der Waals surface area contributed by atoms with E-state index in [1.165, 1.54) is 0 Å². The Labute approximate surface area is 106 Å². The maximum absolute atomic E-state index is 12.4. The highest BCUT2D eigenvalue weighted by Gasteiger charge is 2.31. The summed E-state index contributed by atoms with van der Waals surface area (Å²) in [5.41, 5.74) is 0. The summed E-state index contributed by atoms with van der Waals surface area (Å²) in [4.78, 5) is 18.5. The van der Waals surface area contributed by atoms with Gasteiger partial charge in [0.05, 0.1) is 6.10 Å². The summed E-state index contributed by atoms with van der Waals surface area (Å²) in [5.74, 6) is 1.25. The van der Waals surface area contributed by atoms with Crippen LogP contribution < -0.4 is 0 Å². The number of amides is 1. The summed E-state index contributed by atoms with van der Waals surface area (Å²) < 4.78 is 2.12. The van der Waals surface area contributed by atoms with Crippen molar-refractivity contribution in [1.82, 2.24) is 14.5 Å². The molecule has 1 saturated heterocycles. The molecule has 0 bridgehead atoms. The number of aryl methyl sites for hydroxylation is 1. The van der Waals surface area contributed by atoms with E-state index in [-0.39, 0.29) is 17.9 Å². The molecular formula is C13H19N3O2. The number of piperidine rings is 1. The molecule has 1 fully saturated rings. The van der Waals surface area contributed by atoms with Crippen LogP contribution in [0.25, 0.3) is 0 Å². The smallest absolute Gasteiger partial charge is 0.226 e. The van der Waals surface area contributed by atoms with Gasteiger partial charge in [-0.2, -0.15) is 0 Å². The zero-order chi connectivity index (χ0) is 12.5. The number of carbonyl (C=O) groups excluding carboxylic acids is 1. The van der Waals surface area contributed by atoms with Crippen molar-refractivity contribution in [3.8, 4) is 0 Å². The van der Waals surface area contributed by atoms with Crippen LogP contribution in [-0.4, -0.2) is 44.7 Å². The highest BCUT2D eigenvalue weighted by molar-refractivity contribution is 5.79. The van der Waals surface area contributed by atoms with E-state index >= 15 is 0 Å². The maximum Gasteiger partial charge on any atom is 0.226 e. The Bertz CT molecular complexity index is 443. The minimum atomic E-state index is -0.340. The summed E-state index contributed by atoms with van der Waals surface area (Å²) in [6, 6.07) is 0. The van der Waals surface area contributed by atoms with Gasteiger partial charge in [0.1, 0.15) is 5.82 Å². The van der Waals surface area contributed by atoms with Crippen LogP contribution in [0.5, 0.6) is 0 Å². The molecule has 1 aromatic heterocycles. The first kappa shape index (κ1) is 11.7. The van der Waals surface area contributed by atoms with Crippen molar-refractivity contribution in [3.63, 3.8) is 0 Å². The van der Waals surface area contributed by atoms with Crippen molar-refractivity contribution >= 4 is 5.91 Å². The summed E-state index contributed by atoms with van der Waals surface area (Å²) in [7, 11) is 0. The normalized spacial score (nSPS) is 27.9. The van der Waals surface area contributed by atoms with Gasteiger partial charge in [0.2, 0.25) is 5.91 Å². The van der Waals surface area contributed by atoms with E-state index in [1.807, 2.05) is 11.1 Å². The Morgan fingerprint density at radius 2 is 2.28 bits per heavy atom. The van der Waals surface area contributed by atoms with E-state index in [4.69, 9.17) is 0 Å². The molecule has 0 aliphatic carbocycles. The van der Waals surface area contributed by atoms with Gasteiger partial charge < -0.3 is 14.6 Å². The molecule has 1 amide bonds. The number of hydrogen-bond donors (Lipinski definition) is 1. The molecule has 18 heavy (non-hydrogen) atoms. The lowest BCUT2D eigenvalue weighted by atomic mass is 9.95. The number of carbonyl (C=O) groups is 1. The lowest BCUT2D eigenvalue weighted by Gasteiger charge is -2.34. The Morgan fingerprint density at radius 1 is 1.39 bits per heavy atom. The van der Waals surface area contributed by atoms with E-state index in [0.717, 1.165) is 44.6 Å². The van der Waals surface area contributed by atoms with E-state index in [2.05, 4.69) is 9.55 Å². The molecule has 0 radical (unpaired) electrons. The van der Waals surface area contributed by atoms with Crippen LogP contribution in [0.15, 0.2) is 12.4 Å². The highest BCUT2D eigenvalue weighted by atomic mass is 16.3. The number of β-amino-alcohol motifs (C(OH)–C–C–N with tert-alkyl or cyclic N) is 1. The SMILES string of the molecule is O=C(C1CCn2ccnc2C1)N1CCCC(O)C1. The molecule has 3 rings (SSSR count). The predicted molar refractivity (Wildman–Crippen MR) is 65.9 cm³/mol. The number of rotatable bonds is 1. The molecule has 0 spiro atoms. The van der Waals surface area contributed by atoms with Gasteiger partial charge >= 0.3 is 0 Å². The van der Waals surface area contributed by atoms with Crippen LogP contribution in [0.1, 0.15) is 25.1 Å². The fraction of sp³-hybridized carbons (Fsp3) is 0.692. The van der Waals surface area contributed by atoms with Crippen molar-refractivity contribution in [3.05, 3.63) is 18.2 Å². The summed E-state index contributed by atoms with van der Waals surface area (Å²) in [6.45, 7) is 2.17. The molecule has 3 heterocycles. The highest BCUT2D eigenvalue weighted by Crippen LogP contribution is 2.22. The topological polar surface area (TPSA) is 58.4 Å². The van der Waals surface area contributed by atoms with Gasteiger partial charge in [-0.3, -0.25) is 4.79 Å². The molecule has 5 heteroatoms. The van der Waals surface area contributed by atoms with Gasteiger partial charge in [-0.15, -0.1) is 0 Å². The van der Waals surface area contributed by atoms with Gasteiger partial charge in [0, 0.05) is 44.4 Å². The van der Waals surface area contributed by atoms with Crippen LogP contribution in [0.3, 0.4) is 0 Å². The summed E-state index contributed by atoms with van der Waals surface area (Å²) in [6.07, 6.45) is 6.78. The van der Waals surface area contributed by atoms with Crippen molar-refractivity contribution in [2.24, 2.45) is 5.92 Å². The molecule has 0 aromatic carbocycles. The van der Waals surface area contributed by atoms with E-state index in [1.54, 1.807) is 6.20 Å². The molecule has 1 aromatic rings. The van der Waals surface area contributed by atoms with E-state index in [0.29, 0.717) is 6.54 Å². The number of likely N-dealkylation sites (tertiary alicyclic amines) is 1. The van der Waals surface area contributed by atoms with Crippen LogP contribution in [0.4, 0.5) is 0 Å². The van der Waals surface area contributed by atoms with Crippen molar-refractivity contribution in [2.75, 3.05) is 13.1 Å². The second-order valence-electron chi connectivity index (χ2n) is 5.31. The largest absolute Gasteiger partial charge is 0.391 e. The minimum absolute atomic E-state index is 0.0465. The Hall–Kier alpha value is -1.36. The number of hydrogen-bond acceptors (Lipinski definition) is 3. The van der Waals surface area contributed by atoms with Crippen molar-refractivity contribution < 1.29 is 9.90 Å². The zero-order valence-corrected chi connectivity index (χ0v) is 10.5. The fourth-order valence-corrected chi connectivity index (χ4v) is 2.97. The average molecular weight is 249 g/mol. The fourth-order valence-electron chi connectivity index (χ4n) is 2.97. The molecule has 1 N–H and O–H groups in total. The van der Waals surface area contributed by atoms with Crippen molar-refractivity contribution in [2.45, 2.75) is 38.3 Å². The predicted octanol–water partition coefficient (Wildman–Crippen LogP) is 0.429. The van der Waals surface area contributed by atoms with Crippen LogP contribution in [0, 0.1) is 5.92 Å². The third-order valence-corrected chi connectivity index (χ3v) is 4.01. The molecule has 0 saturated carbocycles. The standard InChI is InChI=1S/C13H19N3O2/c17-11-2-1-5-16(9-11)13(18)10-3-6-15-7-4-14-12(15)8-10/h4,7,10-11,17H,1-3,5-6,8-9H2. The molecule has 2 aliphatic heterocycles. The third kappa shape index (κ3) is 2.14. The molecule has 2 unspecified atom stereocenters. The molecule has 5 nitrogen and oxygen atoms in total. The molecule has 2 aliphatic rings. The van der Waals surface area contributed by atoms with Gasteiger partial charge in [0.25, 0.3) is 0 Å². The maximum atomic E-state index is 12.4. The van der Waals surface area contributed by atoms with Gasteiger partial charge in [-0.25, -0.2) is 4.98 Å². The number of aliphatic hydroxyl groups excluding tert-OH is 1. The van der Waals surface area contributed by atoms with Crippen LogP contribution >= 0.6 is 0 Å². The number of imidazole rings is 1.